The van der Waals surface area contributed by atoms with Gasteiger partial charge in [-0.3, -0.25) is 14.9 Å². The minimum Gasteiger partial charge on any atom is -0.364 e. The first-order chi connectivity index (χ1) is 13.5. The molecule has 0 aliphatic carbocycles. The molecular weight excluding hydrogens is 380 g/mol. The van der Waals surface area contributed by atoms with Crippen molar-refractivity contribution in [2.24, 2.45) is 0 Å². The highest BCUT2D eigenvalue weighted by Gasteiger charge is 2.23. The maximum Gasteiger partial charge on any atom is 0.353 e. The Morgan fingerprint density at radius 3 is 2.50 bits per heavy atom. The van der Waals surface area contributed by atoms with Crippen molar-refractivity contribution in [1.29, 1.82) is 0 Å². The number of aromatic nitrogens is 2. The van der Waals surface area contributed by atoms with Crippen LogP contribution in [0.2, 0.25) is 0 Å². The molecule has 1 amide bonds. The van der Waals surface area contributed by atoms with Crippen LogP contribution in [0.1, 0.15) is 11.8 Å². The fraction of sp³-hybridized carbons (Fsp3) is 0.167. The molecule has 0 saturated carbocycles. The maximum absolute atomic E-state index is 11.6. The average molecular weight is 398 g/mol. The lowest BCUT2D eigenvalue weighted by Gasteiger charge is -2.10. The van der Waals surface area contributed by atoms with Crippen LogP contribution in [-0.4, -0.2) is 27.3 Å². The zero-order chi connectivity index (χ0) is 19.9. The third-order valence-corrected chi connectivity index (χ3v) is 4.65. The summed E-state index contributed by atoms with van der Waals surface area (Å²) in [4.78, 5) is 31.4. The van der Waals surface area contributed by atoms with Crippen LogP contribution in [0.3, 0.4) is 0 Å². The van der Waals surface area contributed by atoms with E-state index >= 15 is 0 Å². The van der Waals surface area contributed by atoms with E-state index in [4.69, 9.17) is 0 Å². The van der Waals surface area contributed by atoms with Crippen LogP contribution >= 0.6 is 11.3 Å². The Morgan fingerprint density at radius 2 is 1.86 bits per heavy atom. The van der Waals surface area contributed by atoms with Gasteiger partial charge in [-0.2, -0.15) is 0 Å². The van der Waals surface area contributed by atoms with Crippen LogP contribution in [0.4, 0.5) is 28.7 Å². The number of nitro groups is 1. The lowest BCUT2D eigenvalue weighted by atomic mass is 10.2. The van der Waals surface area contributed by atoms with Crippen LogP contribution in [0, 0.1) is 10.1 Å². The Bertz CT molecular complexity index is 960. The van der Waals surface area contributed by atoms with Crippen molar-refractivity contribution in [2.75, 3.05) is 22.5 Å². The topological polar surface area (TPSA) is 122 Å². The zero-order valence-electron chi connectivity index (χ0n) is 15.0. The van der Waals surface area contributed by atoms with Gasteiger partial charge in [-0.1, -0.05) is 6.07 Å². The highest BCUT2D eigenvalue weighted by molar-refractivity contribution is 7.09. The minimum absolute atomic E-state index is 0.0888. The monoisotopic (exact) mass is 398 g/mol. The number of thiophene rings is 1. The van der Waals surface area contributed by atoms with Gasteiger partial charge in [0.25, 0.3) is 0 Å². The van der Waals surface area contributed by atoms with Gasteiger partial charge in [0, 0.05) is 29.7 Å². The number of anilines is 4. The van der Waals surface area contributed by atoms with E-state index in [0.29, 0.717) is 17.9 Å². The number of hydrogen-bond donors (Lipinski definition) is 3. The number of benzene rings is 1. The van der Waals surface area contributed by atoms with Gasteiger partial charge in [-0.25, -0.2) is 9.97 Å². The molecule has 144 valence electrons. The Balaban J connectivity index is 1.74. The molecule has 0 atom stereocenters. The summed E-state index contributed by atoms with van der Waals surface area (Å²) in [7, 11) is 0. The number of amides is 1. The van der Waals surface area contributed by atoms with Crippen LogP contribution in [0.25, 0.3) is 0 Å². The average Bonchev–Trinajstić information content (AvgIpc) is 3.16. The van der Waals surface area contributed by atoms with Crippen LogP contribution in [0.5, 0.6) is 0 Å². The van der Waals surface area contributed by atoms with Crippen LogP contribution < -0.4 is 16.0 Å². The van der Waals surface area contributed by atoms with Crippen molar-refractivity contribution in [2.45, 2.75) is 13.3 Å². The van der Waals surface area contributed by atoms with E-state index in [9.17, 15) is 14.9 Å². The smallest absolute Gasteiger partial charge is 0.353 e. The number of hydrogen-bond acceptors (Lipinski definition) is 8. The largest absolute Gasteiger partial charge is 0.364 e. The van der Waals surface area contributed by atoms with E-state index in [-0.39, 0.29) is 23.2 Å². The molecule has 0 aliphatic heterocycles. The molecule has 0 aliphatic rings. The molecule has 0 fully saturated rings. The van der Waals surface area contributed by atoms with Crippen molar-refractivity contribution in [1.82, 2.24) is 9.97 Å². The predicted octanol–water partition coefficient (Wildman–Crippen LogP) is 3.80. The van der Waals surface area contributed by atoms with E-state index in [2.05, 4.69) is 25.9 Å². The Labute approximate surface area is 165 Å². The summed E-state index contributed by atoms with van der Waals surface area (Å²) < 4.78 is 0. The standard InChI is InChI=1S/C18H18N6O3S/c1-12(25)22-13-4-6-14(7-5-13)23-18-16(24(26)27)17(20-11-21-18)19-9-8-15-3-2-10-28-15/h2-7,10-11H,8-9H2,1H3,(H,22,25)(H2,19,20,21,23). The SMILES string of the molecule is CC(=O)Nc1ccc(Nc2ncnc(NCCc3cccs3)c2[N+](=O)[O-])cc1. The molecule has 0 saturated heterocycles. The van der Waals surface area contributed by atoms with E-state index in [1.807, 2.05) is 17.5 Å². The van der Waals surface area contributed by atoms with E-state index < -0.39 is 4.92 Å². The molecule has 28 heavy (non-hydrogen) atoms. The molecule has 0 bridgehead atoms. The predicted molar refractivity (Wildman–Crippen MR) is 109 cm³/mol. The second-order valence-corrected chi connectivity index (χ2v) is 6.85. The molecule has 2 aromatic heterocycles. The van der Waals surface area contributed by atoms with Gasteiger partial charge >= 0.3 is 5.69 Å². The first-order valence-corrected chi connectivity index (χ1v) is 9.31. The third kappa shape index (κ3) is 5.01. The first kappa shape index (κ1) is 19.2. The highest BCUT2D eigenvalue weighted by atomic mass is 32.1. The van der Waals surface area contributed by atoms with Crippen LogP contribution in [-0.2, 0) is 11.2 Å². The molecule has 9 nitrogen and oxygen atoms in total. The summed E-state index contributed by atoms with van der Waals surface area (Å²) in [5, 5.41) is 22.2. The van der Waals surface area contributed by atoms with Crippen molar-refractivity contribution < 1.29 is 9.72 Å². The molecule has 10 heteroatoms. The minimum atomic E-state index is -0.512. The van der Waals surface area contributed by atoms with Gasteiger partial charge in [0.1, 0.15) is 6.33 Å². The first-order valence-electron chi connectivity index (χ1n) is 8.43. The number of carbonyl (C=O) groups is 1. The van der Waals surface area contributed by atoms with Gasteiger partial charge in [-0.05, 0) is 42.1 Å². The van der Waals surface area contributed by atoms with Crippen molar-refractivity contribution in [3.63, 3.8) is 0 Å². The molecule has 0 radical (unpaired) electrons. The van der Waals surface area contributed by atoms with Gasteiger partial charge in [-0.15, -0.1) is 11.3 Å². The summed E-state index contributed by atoms with van der Waals surface area (Å²) in [6.07, 6.45) is 2.01. The summed E-state index contributed by atoms with van der Waals surface area (Å²) in [5.74, 6) is 0.0743. The summed E-state index contributed by atoms with van der Waals surface area (Å²) in [5.41, 5.74) is 1.01. The van der Waals surface area contributed by atoms with Crippen LogP contribution in [0.15, 0.2) is 48.1 Å². The molecule has 2 heterocycles. The molecule has 3 rings (SSSR count). The number of nitrogens with zero attached hydrogens (tertiary/aromatic N) is 3. The zero-order valence-corrected chi connectivity index (χ0v) is 15.8. The molecule has 0 unspecified atom stereocenters. The summed E-state index contributed by atoms with van der Waals surface area (Å²) in [6, 6.07) is 10.8. The van der Waals surface area contributed by atoms with E-state index in [1.165, 1.54) is 18.1 Å². The molecule has 0 spiro atoms. The third-order valence-electron chi connectivity index (χ3n) is 3.72. The lowest BCUT2D eigenvalue weighted by molar-refractivity contribution is -0.383. The maximum atomic E-state index is 11.6. The van der Waals surface area contributed by atoms with Gasteiger partial charge in [0.05, 0.1) is 4.92 Å². The second-order valence-electron chi connectivity index (χ2n) is 5.82. The number of nitrogens with one attached hydrogen (secondary N) is 3. The molecule has 3 N–H and O–H groups in total. The van der Waals surface area contributed by atoms with Crippen molar-refractivity contribution in [3.8, 4) is 0 Å². The molecule has 1 aromatic carbocycles. The number of carbonyl (C=O) groups excluding carboxylic acids is 1. The number of rotatable bonds is 8. The van der Waals surface area contributed by atoms with Gasteiger partial charge in [0.2, 0.25) is 17.5 Å². The quantitative estimate of drug-likeness (QED) is 0.389. The lowest BCUT2D eigenvalue weighted by Crippen LogP contribution is -2.10. The fourth-order valence-electron chi connectivity index (χ4n) is 2.51. The second kappa shape index (κ2) is 8.91. The molecular formula is C18H18N6O3S. The Hall–Kier alpha value is -3.53. The van der Waals surface area contributed by atoms with Crippen molar-refractivity contribution in [3.05, 3.63) is 63.1 Å². The van der Waals surface area contributed by atoms with E-state index in [0.717, 1.165) is 6.42 Å². The highest BCUT2D eigenvalue weighted by Crippen LogP contribution is 2.31. The Morgan fingerprint density at radius 1 is 1.14 bits per heavy atom. The van der Waals surface area contributed by atoms with Gasteiger partial charge in [0.15, 0.2) is 0 Å². The Kier molecular flexibility index (Phi) is 6.12. The van der Waals surface area contributed by atoms with Crippen molar-refractivity contribution >= 4 is 45.9 Å². The molecule has 3 aromatic rings. The van der Waals surface area contributed by atoms with E-state index in [1.54, 1.807) is 35.6 Å². The normalized spacial score (nSPS) is 10.3. The fourth-order valence-corrected chi connectivity index (χ4v) is 3.22. The summed E-state index contributed by atoms with van der Waals surface area (Å²) >= 11 is 1.63. The summed E-state index contributed by atoms with van der Waals surface area (Å²) in [6.45, 7) is 1.94. The van der Waals surface area contributed by atoms with Gasteiger partial charge < -0.3 is 16.0 Å².